The quantitative estimate of drug-likeness (QED) is 0.804. The number of nitrogens with one attached hydrogen (secondary N) is 1. The molecule has 21 heavy (non-hydrogen) atoms. The van der Waals surface area contributed by atoms with Crippen molar-refractivity contribution in [2.24, 2.45) is 0 Å². The van der Waals surface area contributed by atoms with E-state index in [1.54, 1.807) is 19.2 Å². The van der Waals surface area contributed by atoms with Gasteiger partial charge in [-0.3, -0.25) is 4.79 Å². The third kappa shape index (κ3) is 2.97. The lowest BCUT2D eigenvalue weighted by Crippen LogP contribution is -2.10. The van der Waals surface area contributed by atoms with E-state index in [1.807, 2.05) is 25.1 Å². The molecule has 3 aromatic rings. The van der Waals surface area contributed by atoms with Gasteiger partial charge in [-0.15, -0.1) is 11.3 Å². The van der Waals surface area contributed by atoms with Crippen molar-refractivity contribution in [1.82, 2.24) is 15.1 Å². The predicted molar refractivity (Wildman–Crippen MR) is 79.3 cm³/mol. The lowest BCUT2D eigenvalue weighted by molar-refractivity contribution is 0.103. The summed E-state index contributed by atoms with van der Waals surface area (Å²) in [7, 11) is 0. The Labute approximate surface area is 124 Å². The minimum Gasteiger partial charge on any atom is -0.339 e. The molecule has 0 saturated carbocycles. The fourth-order valence-electron chi connectivity index (χ4n) is 1.81. The molecule has 0 fully saturated rings. The molecule has 6 nitrogen and oxygen atoms in total. The van der Waals surface area contributed by atoms with Crippen molar-refractivity contribution in [2.75, 3.05) is 5.32 Å². The fraction of sp³-hybridized carbons (Fsp3) is 0.143. The fourth-order valence-corrected chi connectivity index (χ4v) is 2.48. The third-order valence-corrected chi connectivity index (χ3v) is 3.66. The highest BCUT2D eigenvalue weighted by Gasteiger charge is 2.11. The first kappa shape index (κ1) is 13.4. The summed E-state index contributed by atoms with van der Waals surface area (Å²) in [6, 6.07) is 7.30. The Morgan fingerprint density at radius 1 is 1.33 bits per heavy atom. The number of nitrogens with zero attached hydrogens (tertiary/aromatic N) is 3. The Morgan fingerprint density at radius 2 is 2.19 bits per heavy atom. The van der Waals surface area contributed by atoms with E-state index in [-0.39, 0.29) is 5.91 Å². The summed E-state index contributed by atoms with van der Waals surface area (Å²) in [5.74, 6) is 0.818. The molecule has 0 unspecified atom stereocenters. The predicted octanol–water partition coefficient (Wildman–Crippen LogP) is 3.06. The summed E-state index contributed by atoms with van der Waals surface area (Å²) in [4.78, 5) is 20.9. The van der Waals surface area contributed by atoms with Crippen LogP contribution in [0.3, 0.4) is 0 Å². The maximum Gasteiger partial charge on any atom is 0.267 e. The first-order valence-electron chi connectivity index (χ1n) is 6.26. The Kier molecular flexibility index (Phi) is 3.49. The molecule has 0 atom stereocenters. The van der Waals surface area contributed by atoms with E-state index in [4.69, 9.17) is 4.52 Å². The molecule has 2 heterocycles. The molecule has 106 valence electrons. The lowest BCUT2D eigenvalue weighted by atomic mass is 10.2. The molecule has 0 aliphatic rings. The van der Waals surface area contributed by atoms with Crippen molar-refractivity contribution in [1.29, 1.82) is 0 Å². The first-order chi connectivity index (χ1) is 10.1. The molecular weight excluding hydrogens is 288 g/mol. The van der Waals surface area contributed by atoms with Crippen LogP contribution in [0.2, 0.25) is 0 Å². The van der Waals surface area contributed by atoms with Gasteiger partial charge in [0, 0.05) is 18.2 Å². The highest BCUT2D eigenvalue weighted by molar-refractivity contribution is 7.13. The molecule has 7 heteroatoms. The van der Waals surface area contributed by atoms with Crippen LogP contribution in [0.5, 0.6) is 0 Å². The summed E-state index contributed by atoms with van der Waals surface area (Å²) in [6.45, 7) is 3.59. The van der Waals surface area contributed by atoms with Crippen LogP contribution >= 0.6 is 11.3 Å². The molecule has 3 rings (SSSR count). The van der Waals surface area contributed by atoms with Crippen LogP contribution in [0, 0.1) is 13.8 Å². The van der Waals surface area contributed by atoms with E-state index in [9.17, 15) is 4.79 Å². The molecule has 0 aliphatic heterocycles. The molecular formula is C14H12N4O2S. The minimum absolute atomic E-state index is 0.179. The number of hydrogen-bond acceptors (Lipinski definition) is 6. The van der Waals surface area contributed by atoms with Gasteiger partial charge in [0.1, 0.15) is 4.88 Å². The molecule has 0 saturated heterocycles. The summed E-state index contributed by atoms with van der Waals surface area (Å²) in [5.41, 5.74) is 1.45. The Hall–Kier alpha value is -2.54. The van der Waals surface area contributed by atoms with Gasteiger partial charge in [0.15, 0.2) is 0 Å². The molecule has 0 radical (unpaired) electrons. The van der Waals surface area contributed by atoms with Crippen LogP contribution in [0.4, 0.5) is 5.69 Å². The van der Waals surface area contributed by atoms with Crippen LogP contribution in [-0.2, 0) is 0 Å². The van der Waals surface area contributed by atoms with Crippen LogP contribution in [0.1, 0.15) is 20.6 Å². The van der Waals surface area contributed by atoms with Crippen molar-refractivity contribution in [2.45, 2.75) is 13.8 Å². The second kappa shape index (κ2) is 5.45. The van der Waals surface area contributed by atoms with Crippen LogP contribution in [0.15, 0.2) is 35.0 Å². The van der Waals surface area contributed by atoms with Crippen LogP contribution in [0.25, 0.3) is 11.4 Å². The topological polar surface area (TPSA) is 80.9 Å². The number of hydrogen-bond donors (Lipinski definition) is 1. The van der Waals surface area contributed by atoms with Gasteiger partial charge >= 0.3 is 0 Å². The molecule has 1 aromatic carbocycles. The SMILES string of the molecule is Cc1nc(-c2cccc(NC(=O)c3cnc(C)s3)c2)no1. The maximum atomic E-state index is 12.1. The van der Waals surface area contributed by atoms with E-state index >= 15 is 0 Å². The van der Waals surface area contributed by atoms with Crippen molar-refractivity contribution in [3.05, 3.63) is 46.2 Å². The zero-order valence-electron chi connectivity index (χ0n) is 11.5. The summed E-state index contributed by atoms with van der Waals surface area (Å²) < 4.78 is 4.96. The van der Waals surface area contributed by atoms with Crippen LogP contribution < -0.4 is 5.32 Å². The molecule has 0 spiro atoms. The molecule has 0 aliphatic carbocycles. The summed E-state index contributed by atoms with van der Waals surface area (Å²) >= 11 is 1.36. The average molecular weight is 300 g/mol. The highest BCUT2D eigenvalue weighted by Crippen LogP contribution is 2.21. The van der Waals surface area contributed by atoms with E-state index in [1.165, 1.54) is 11.3 Å². The van der Waals surface area contributed by atoms with Gasteiger partial charge in [0.05, 0.1) is 11.2 Å². The second-order valence-electron chi connectivity index (χ2n) is 4.42. The zero-order valence-corrected chi connectivity index (χ0v) is 12.3. The second-order valence-corrected chi connectivity index (χ2v) is 5.65. The van der Waals surface area contributed by atoms with Crippen molar-refractivity contribution >= 4 is 22.9 Å². The van der Waals surface area contributed by atoms with Crippen molar-refractivity contribution < 1.29 is 9.32 Å². The van der Waals surface area contributed by atoms with Crippen molar-refractivity contribution in [3.63, 3.8) is 0 Å². The number of benzene rings is 1. The van der Waals surface area contributed by atoms with Crippen LogP contribution in [-0.4, -0.2) is 21.0 Å². The average Bonchev–Trinajstić information content (AvgIpc) is 3.08. The van der Waals surface area contributed by atoms with Gasteiger partial charge < -0.3 is 9.84 Å². The number of carbonyl (C=O) groups is 1. The van der Waals surface area contributed by atoms with E-state index in [2.05, 4.69) is 20.4 Å². The summed E-state index contributed by atoms with van der Waals surface area (Å²) in [5, 5.41) is 7.55. The minimum atomic E-state index is -0.179. The number of thiazole rings is 1. The number of anilines is 1. The van der Waals surface area contributed by atoms with E-state index in [0.717, 1.165) is 10.6 Å². The van der Waals surface area contributed by atoms with E-state index in [0.29, 0.717) is 22.3 Å². The summed E-state index contributed by atoms with van der Waals surface area (Å²) in [6.07, 6.45) is 1.57. The Balaban J connectivity index is 1.82. The highest BCUT2D eigenvalue weighted by atomic mass is 32.1. The van der Waals surface area contributed by atoms with Gasteiger partial charge in [-0.25, -0.2) is 4.98 Å². The number of aryl methyl sites for hydroxylation is 2. The normalized spacial score (nSPS) is 10.6. The van der Waals surface area contributed by atoms with Gasteiger partial charge in [0.25, 0.3) is 5.91 Å². The number of carbonyl (C=O) groups excluding carboxylic acids is 1. The van der Waals surface area contributed by atoms with E-state index < -0.39 is 0 Å². The largest absolute Gasteiger partial charge is 0.339 e. The van der Waals surface area contributed by atoms with Gasteiger partial charge in [-0.05, 0) is 19.1 Å². The standard InChI is InChI=1S/C14H12N4O2S/c1-8-16-13(18-20-8)10-4-3-5-11(6-10)17-14(19)12-7-15-9(2)21-12/h3-7H,1-2H3,(H,17,19). The monoisotopic (exact) mass is 300 g/mol. The third-order valence-electron chi connectivity index (χ3n) is 2.75. The molecule has 0 bridgehead atoms. The maximum absolute atomic E-state index is 12.1. The first-order valence-corrected chi connectivity index (χ1v) is 7.08. The smallest absolute Gasteiger partial charge is 0.267 e. The number of rotatable bonds is 3. The molecule has 1 amide bonds. The van der Waals surface area contributed by atoms with Gasteiger partial charge in [0.2, 0.25) is 11.7 Å². The number of aromatic nitrogens is 3. The molecule has 2 aromatic heterocycles. The van der Waals surface area contributed by atoms with Crippen molar-refractivity contribution in [3.8, 4) is 11.4 Å². The zero-order chi connectivity index (χ0) is 14.8. The lowest BCUT2D eigenvalue weighted by Gasteiger charge is -2.04. The Morgan fingerprint density at radius 3 is 2.86 bits per heavy atom. The number of amides is 1. The molecule has 1 N–H and O–H groups in total. The Bertz CT molecular complexity index is 794. The van der Waals surface area contributed by atoms with Gasteiger partial charge in [-0.1, -0.05) is 17.3 Å². The van der Waals surface area contributed by atoms with Gasteiger partial charge in [-0.2, -0.15) is 4.98 Å².